The summed E-state index contributed by atoms with van der Waals surface area (Å²) < 4.78 is 5.15. The van der Waals surface area contributed by atoms with Gasteiger partial charge in [0.1, 0.15) is 11.6 Å². The van der Waals surface area contributed by atoms with Crippen LogP contribution in [0.4, 0.5) is 0 Å². The highest BCUT2D eigenvalue weighted by Gasteiger charge is 2.10. The minimum absolute atomic E-state index is 0.123. The summed E-state index contributed by atoms with van der Waals surface area (Å²) in [6, 6.07) is 11.1. The molecule has 0 atom stereocenters. The van der Waals surface area contributed by atoms with Crippen LogP contribution in [0.5, 0.6) is 0 Å². The van der Waals surface area contributed by atoms with Gasteiger partial charge in [0.15, 0.2) is 5.82 Å². The van der Waals surface area contributed by atoms with Crippen molar-refractivity contribution in [3.05, 3.63) is 70.7 Å². The Morgan fingerprint density at radius 2 is 2.09 bits per heavy atom. The minimum atomic E-state index is -0.154. The molecule has 23 heavy (non-hydrogen) atoms. The summed E-state index contributed by atoms with van der Waals surface area (Å²) in [6.07, 6.45) is 2.30. The zero-order valence-corrected chi connectivity index (χ0v) is 13.0. The number of benzene rings is 1. The van der Waals surface area contributed by atoms with Crippen molar-refractivity contribution in [2.75, 3.05) is 0 Å². The number of amides is 1. The maximum absolute atomic E-state index is 11.9. The molecule has 0 fully saturated rings. The highest BCUT2D eigenvalue weighted by molar-refractivity contribution is 6.30. The van der Waals surface area contributed by atoms with Gasteiger partial charge in [0.25, 0.3) is 0 Å². The molecule has 1 amide bonds. The molecule has 0 aliphatic carbocycles. The second-order valence-electron chi connectivity index (χ2n) is 5.03. The number of nitrogens with zero attached hydrogens (tertiary/aromatic N) is 2. The van der Waals surface area contributed by atoms with Crippen LogP contribution in [0.15, 0.2) is 47.1 Å². The molecule has 0 spiro atoms. The number of carbonyl (C=O) groups is 1. The van der Waals surface area contributed by atoms with Crippen molar-refractivity contribution in [1.29, 1.82) is 0 Å². The molecule has 0 saturated heterocycles. The summed E-state index contributed by atoms with van der Waals surface area (Å²) in [5.41, 5.74) is 1.07. The number of carbonyl (C=O) groups excluding carboxylic acids is 1. The van der Waals surface area contributed by atoms with Crippen LogP contribution in [-0.2, 0) is 24.2 Å². The van der Waals surface area contributed by atoms with Gasteiger partial charge in [0.2, 0.25) is 5.91 Å². The molecule has 0 bridgehead atoms. The number of halogens is 1. The molecule has 2 aromatic heterocycles. The third-order valence-electron chi connectivity index (χ3n) is 3.22. The first-order valence-electron chi connectivity index (χ1n) is 7.13. The number of aromatic amines is 1. The van der Waals surface area contributed by atoms with E-state index in [1.807, 2.05) is 24.3 Å². The van der Waals surface area contributed by atoms with Crippen molar-refractivity contribution in [2.24, 2.45) is 0 Å². The van der Waals surface area contributed by atoms with E-state index in [1.165, 1.54) is 0 Å². The Bertz CT molecular complexity index is 766. The fraction of sp³-hybridized carbons (Fsp3) is 0.188. The second-order valence-corrected chi connectivity index (χ2v) is 5.47. The van der Waals surface area contributed by atoms with Gasteiger partial charge in [-0.05, 0) is 29.8 Å². The molecule has 2 heterocycles. The van der Waals surface area contributed by atoms with Gasteiger partial charge in [-0.3, -0.25) is 9.89 Å². The first kappa shape index (κ1) is 15.3. The summed E-state index contributed by atoms with van der Waals surface area (Å²) in [7, 11) is 0. The van der Waals surface area contributed by atoms with Crippen LogP contribution in [0.2, 0.25) is 5.02 Å². The van der Waals surface area contributed by atoms with Gasteiger partial charge in [-0.2, -0.15) is 5.10 Å². The minimum Gasteiger partial charge on any atom is -0.467 e. The van der Waals surface area contributed by atoms with E-state index in [9.17, 15) is 4.79 Å². The van der Waals surface area contributed by atoms with Gasteiger partial charge < -0.3 is 9.73 Å². The Hall–Kier alpha value is -2.60. The largest absolute Gasteiger partial charge is 0.467 e. The van der Waals surface area contributed by atoms with Crippen molar-refractivity contribution >= 4 is 17.5 Å². The van der Waals surface area contributed by atoms with E-state index < -0.39 is 0 Å². The van der Waals surface area contributed by atoms with Crippen LogP contribution in [0.1, 0.15) is 23.0 Å². The summed E-state index contributed by atoms with van der Waals surface area (Å²) in [5, 5.41) is 10.4. The van der Waals surface area contributed by atoms with E-state index in [4.69, 9.17) is 16.0 Å². The number of aromatic nitrogens is 3. The van der Waals surface area contributed by atoms with Crippen LogP contribution in [0.25, 0.3) is 0 Å². The monoisotopic (exact) mass is 330 g/mol. The van der Waals surface area contributed by atoms with Crippen LogP contribution in [0.3, 0.4) is 0 Å². The second kappa shape index (κ2) is 7.11. The summed E-state index contributed by atoms with van der Waals surface area (Å²) in [4.78, 5) is 16.2. The molecule has 0 radical (unpaired) electrons. The summed E-state index contributed by atoms with van der Waals surface area (Å²) >= 11 is 5.86. The lowest BCUT2D eigenvalue weighted by atomic mass is 10.1. The van der Waals surface area contributed by atoms with Crippen LogP contribution >= 0.6 is 11.6 Å². The predicted octanol–water partition coefficient (Wildman–Crippen LogP) is 2.50. The molecule has 2 N–H and O–H groups in total. The smallest absolute Gasteiger partial charge is 0.228 e. The van der Waals surface area contributed by atoms with Crippen molar-refractivity contribution in [1.82, 2.24) is 20.5 Å². The first-order valence-corrected chi connectivity index (χ1v) is 7.50. The third kappa shape index (κ3) is 4.43. The SMILES string of the molecule is O=C(Cc1n[nH]c(Cc2ccc(Cl)cc2)n1)NCc1ccco1. The first-order chi connectivity index (χ1) is 11.2. The van der Waals surface area contributed by atoms with Crippen molar-refractivity contribution in [3.8, 4) is 0 Å². The lowest BCUT2D eigenvalue weighted by molar-refractivity contribution is -0.120. The van der Waals surface area contributed by atoms with Gasteiger partial charge in [0, 0.05) is 11.4 Å². The summed E-state index contributed by atoms with van der Waals surface area (Å²) in [5.74, 6) is 1.72. The zero-order chi connectivity index (χ0) is 16.1. The highest BCUT2D eigenvalue weighted by Crippen LogP contribution is 2.12. The number of rotatable bonds is 6. The van der Waals surface area contributed by atoms with Gasteiger partial charge in [-0.1, -0.05) is 23.7 Å². The molecule has 118 valence electrons. The summed E-state index contributed by atoms with van der Waals surface area (Å²) in [6.45, 7) is 0.355. The van der Waals surface area contributed by atoms with Crippen LogP contribution in [-0.4, -0.2) is 21.1 Å². The van der Waals surface area contributed by atoms with Crippen molar-refractivity contribution < 1.29 is 9.21 Å². The Balaban J connectivity index is 1.52. The molecular formula is C16H15ClN4O2. The molecular weight excluding hydrogens is 316 g/mol. The number of furan rings is 1. The Morgan fingerprint density at radius 3 is 2.83 bits per heavy atom. The third-order valence-corrected chi connectivity index (χ3v) is 3.47. The quantitative estimate of drug-likeness (QED) is 0.727. The lowest BCUT2D eigenvalue weighted by Gasteiger charge is -2.00. The van der Waals surface area contributed by atoms with E-state index in [1.54, 1.807) is 18.4 Å². The number of hydrogen-bond acceptors (Lipinski definition) is 4. The topological polar surface area (TPSA) is 83.8 Å². The van der Waals surface area contributed by atoms with Gasteiger partial charge in [0.05, 0.1) is 19.2 Å². The van der Waals surface area contributed by atoms with Crippen molar-refractivity contribution in [2.45, 2.75) is 19.4 Å². The molecule has 7 heteroatoms. The molecule has 1 aromatic carbocycles. The van der Waals surface area contributed by atoms with E-state index in [0.29, 0.717) is 35.4 Å². The van der Waals surface area contributed by atoms with E-state index in [0.717, 1.165) is 5.56 Å². The van der Waals surface area contributed by atoms with Gasteiger partial charge in [-0.25, -0.2) is 4.98 Å². The van der Waals surface area contributed by atoms with Crippen molar-refractivity contribution in [3.63, 3.8) is 0 Å². The number of H-pyrrole nitrogens is 1. The Morgan fingerprint density at radius 1 is 1.26 bits per heavy atom. The van der Waals surface area contributed by atoms with E-state index in [-0.39, 0.29) is 12.3 Å². The lowest BCUT2D eigenvalue weighted by Crippen LogP contribution is -2.24. The average molecular weight is 331 g/mol. The van der Waals surface area contributed by atoms with Gasteiger partial charge in [-0.15, -0.1) is 0 Å². The molecule has 0 aliphatic heterocycles. The fourth-order valence-corrected chi connectivity index (χ4v) is 2.22. The normalized spacial score (nSPS) is 10.7. The van der Waals surface area contributed by atoms with Crippen LogP contribution < -0.4 is 5.32 Å². The van der Waals surface area contributed by atoms with E-state index in [2.05, 4.69) is 20.5 Å². The fourth-order valence-electron chi connectivity index (χ4n) is 2.09. The maximum atomic E-state index is 11.9. The van der Waals surface area contributed by atoms with Crippen LogP contribution in [0, 0.1) is 0 Å². The predicted molar refractivity (Wildman–Crippen MR) is 84.9 cm³/mol. The molecule has 0 saturated carbocycles. The van der Waals surface area contributed by atoms with E-state index >= 15 is 0 Å². The Labute approximate surface area is 137 Å². The molecule has 6 nitrogen and oxygen atoms in total. The molecule has 0 aliphatic rings. The average Bonchev–Trinajstić information content (AvgIpc) is 3.20. The molecule has 3 rings (SSSR count). The standard InChI is InChI=1S/C16H15ClN4O2/c17-12-5-3-11(4-6-12)8-14-19-15(21-20-14)9-16(22)18-10-13-2-1-7-23-13/h1-7H,8-10H2,(H,18,22)(H,19,20,21). The molecule has 3 aromatic rings. The maximum Gasteiger partial charge on any atom is 0.228 e. The highest BCUT2D eigenvalue weighted by atomic mass is 35.5. The van der Waals surface area contributed by atoms with Gasteiger partial charge >= 0.3 is 0 Å². The molecule has 0 unspecified atom stereocenters. The Kier molecular flexibility index (Phi) is 4.73. The zero-order valence-electron chi connectivity index (χ0n) is 12.3. The number of nitrogens with one attached hydrogen (secondary N) is 2. The number of hydrogen-bond donors (Lipinski definition) is 2.